The SMILES string of the molecule is CCCCCCCCCCCCCOC(=O)c1ccccc1F. The number of hydrogen-bond acceptors (Lipinski definition) is 2. The van der Waals surface area contributed by atoms with Crippen molar-refractivity contribution < 1.29 is 13.9 Å². The average Bonchev–Trinajstić information content (AvgIpc) is 2.56. The van der Waals surface area contributed by atoms with E-state index in [2.05, 4.69) is 6.92 Å². The van der Waals surface area contributed by atoms with E-state index in [0.717, 1.165) is 12.8 Å². The molecule has 0 aliphatic carbocycles. The molecule has 2 nitrogen and oxygen atoms in total. The van der Waals surface area contributed by atoms with Crippen molar-refractivity contribution in [2.24, 2.45) is 0 Å². The number of halogens is 1. The number of rotatable bonds is 13. The summed E-state index contributed by atoms with van der Waals surface area (Å²) < 4.78 is 18.5. The van der Waals surface area contributed by atoms with Crippen LogP contribution in [0.25, 0.3) is 0 Å². The summed E-state index contributed by atoms with van der Waals surface area (Å²) in [6.45, 7) is 2.62. The number of esters is 1. The van der Waals surface area contributed by atoms with Crippen LogP contribution >= 0.6 is 0 Å². The highest BCUT2D eigenvalue weighted by Crippen LogP contribution is 2.12. The Balaban J connectivity index is 1.92. The van der Waals surface area contributed by atoms with Crippen LogP contribution in [0.2, 0.25) is 0 Å². The minimum absolute atomic E-state index is 0.0237. The van der Waals surface area contributed by atoms with E-state index >= 15 is 0 Å². The first-order chi connectivity index (χ1) is 11.3. The van der Waals surface area contributed by atoms with Gasteiger partial charge >= 0.3 is 5.97 Å². The minimum Gasteiger partial charge on any atom is -0.462 e. The number of benzene rings is 1. The normalized spacial score (nSPS) is 10.7. The molecule has 23 heavy (non-hydrogen) atoms. The number of carbonyl (C=O) groups excluding carboxylic acids is 1. The van der Waals surface area contributed by atoms with Crippen LogP contribution in [0.5, 0.6) is 0 Å². The Morgan fingerprint density at radius 3 is 1.96 bits per heavy atom. The van der Waals surface area contributed by atoms with Gasteiger partial charge in [0.05, 0.1) is 12.2 Å². The first-order valence-electron chi connectivity index (χ1n) is 9.17. The zero-order valence-corrected chi connectivity index (χ0v) is 14.5. The van der Waals surface area contributed by atoms with Crippen LogP contribution in [0.3, 0.4) is 0 Å². The van der Waals surface area contributed by atoms with Crippen molar-refractivity contribution in [3.05, 3.63) is 35.6 Å². The fourth-order valence-electron chi connectivity index (χ4n) is 2.64. The number of ether oxygens (including phenoxy) is 1. The van der Waals surface area contributed by atoms with E-state index in [1.807, 2.05) is 0 Å². The molecule has 1 rings (SSSR count). The summed E-state index contributed by atoms with van der Waals surface area (Å²) in [4.78, 5) is 11.7. The lowest BCUT2D eigenvalue weighted by molar-refractivity contribution is 0.0492. The Kier molecular flexibility index (Phi) is 11.2. The van der Waals surface area contributed by atoms with Crippen LogP contribution < -0.4 is 0 Å². The lowest BCUT2D eigenvalue weighted by Crippen LogP contribution is -2.08. The summed E-state index contributed by atoms with van der Waals surface area (Å²) in [5, 5.41) is 0. The van der Waals surface area contributed by atoms with Gasteiger partial charge in [0, 0.05) is 0 Å². The Morgan fingerprint density at radius 2 is 1.39 bits per heavy atom. The highest BCUT2D eigenvalue weighted by Gasteiger charge is 2.11. The van der Waals surface area contributed by atoms with Crippen LogP contribution in [-0.4, -0.2) is 12.6 Å². The summed E-state index contributed by atoms with van der Waals surface area (Å²) in [6.07, 6.45) is 13.8. The molecule has 0 amide bonds. The van der Waals surface area contributed by atoms with Crippen molar-refractivity contribution in [3.8, 4) is 0 Å². The maximum absolute atomic E-state index is 13.4. The van der Waals surface area contributed by atoms with E-state index in [-0.39, 0.29) is 5.56 Å². The van der Waals surface area contributed by atoms with Gasteiger partial charge in [-0.25, -0.2) is 9.18 Å². The number of carbonyl (C=O) groups is 1. The maximum Gasteiger partial charge on any atom is 0.341 e. The summed E-state index contributed by atoms with van der Waals surface area (Å²) in [6, 6.07) is 5.94. The fourth-order valence-corrected chi connectivity index (χ4v) is 2.64. The molecule has 0 saturated heterocycles. The quantitative estimate of drug-likeness (QED) is 0.315. The second-order valence-corrected chi connectivity index (χ2v) is 6.15. The average molecular weight is 322 g/mol. The Hall–Kier alpha value is -1.38. The van der Waals surface area contributed by atoms with Gasteiger partial charge in [-0.1, -0.05) is 83.3 Å². The second-order valence-electron chi connectivity index (χ2n) is 6.15. The van der Waals surface area contributed by atoms with E-state index in [4.69, 9.17) is 4.74 Å². The molecule has 0 heterocycles. The van der Waals surface area contributed by atoms with Gasteiger partial charge in [0.2, 0.25) is 0 Å². The third kappa shape index (κ3) is 9.37. The molecule has 0 bridgehead atoms. The predicted octanol–water partition coefficient (Wildman–Crippen LogP) is 6.29. The molecule has 0 aliphatic heterocycles. The van der Waals surface area contributed by atoms with Crippen molar-refractivity contribution in [3.63, 3.8) is 0 Å². The molecule has 3 heteroatoms. The zero-order valence-electron chi connectivity index (χ0n) is 14.5. The van der Waals surface area contributed by atoms with Gasteiger partial charge in [-0.2, -0.15) is 0 Å². The highest BCUT2D eigenvalue weighted by atomic mass is 19.1. The van der Waals surface area contributed by atoms with Gasteiger partial charge in [0.15, 0.2) is 0 Å². The molecule has 0 spiro atoms. The van der Waals surface area contributed by atoms with Crippen molar-refractivity contribution in [1.82, 2.24) is 0 Å². The molecule has 0 saturated carbocycles. The third-order valence-corrected chi connectivity index (χ3v) is 4.07. The first kappa shape index (κ1) is 19.7. The summed E-state index contributed by atoms with van der Waals surface area (Å²) in [7, 11) is 0. The first-order valence-corrected chi connectivity index (χ1v) is 9.17. The fraction of sp³-hybridized carbons (Fsp3) is 0.650. The van der Waals surface area contributed by atoms with Gasteiger partial charge in [0.25, 0.3) is 0 Å². The van der Waals surface area contributed by atoms with Crippen LogP contribution in [0, 0.1) is 5.82 Å². The lowest BCUT2D eigenvalue weighted by Gasteiger charge is -2.06. The zero-order chi connectivity index (χ0) is 16.8. The molecule has 0 aromatic heterocycles. The number of hydrogen-bond donors (Lipinski definition) is 0. The van der Waals surface area contributed by atoms with Gasteiger partial charge in [0.1, 0.15) is 5.82 Å². The van der Waals surface area contributed by atoms with E-state index < -0.39 is 11.8 Å². The topological polar surface area (TPSA) is 26.3 Å². The van der Waals surface area contributed by atoms with E-state index in [1.54, 1.807) is 12.1 Å². The lowest BCUT2D eigenvalue weighted by atomic mass is 10.1. The molecule has 1 aromatic rings. The van der Waals surface area contributed by atoms with E-state index in [9.17, 15) is 9.18 Å². The van der Waals surface area contributed by atoms with Crippen LogP contribution in [-0.2, 0) is 4.74 Å². The molecular weight excluding hydrogens is 291 g/mol. The molecule has 0 aliphatic rings. The van der Waals surface area contributed by atoms with Crippen LogP contribution in [0.4, 0.5) is 4.39 Å². The predicted molar refractivity (Wildman–Crippen MR) is 93.1 cm³/mol. The highest BCUT2D eigenvalue weighted by molar-refractivity contribution is 5.89. The van der Waals surface area contributed by atoms with Crippen molar-refractivity contribution >= 4 is 5.97 Å². The van der Waals surface area contributed by atoms with Gasteiger partial charge in [-0.05, 0) is 18.6 Å². The largest absolute Gasteiger partial charge is 0.462 e. The number of unbranched alkanes of at least 4 members (excludes halogenated alkanes) is 10. The van der Waals surface area contributed by atoms with Crippen molar-refractivity contribution in [2.45, 2.75) is 77.6 Å². The maximum atomic E-state index is 13.4. The molecule has 130 valence electrons. The summed E-state index contributed by atoms with van der Waals surface area (Å²) >= 11 is 0. The monoisotopic (exact) mass is 322 g/mol. The molecule has 0 atom stereocenters. The standard InChI is InChI=1S/C20H31FO2/c1-2-3-4-5-6-7-8-9-10-11-14-17-23-20(22)18-15-12-13-16-19(18)21/h12-13,15-16H,2-11,14,17H2,1H3. The molecule has 1 aromatic carbocycles. The molecular formula is C20H31FO2. The van der Waals surface area contributed by atoms with Gasteiger partial charge < -0.3 is 4.74 Å². The van der Waals surface area contributed by atoms with Crippen LogP contribution in [0.15, 0.2) is 24.3 Å². The van der Waals surface area contributed by atoms with Crippen LogP contribution in [0.1, 0.15) is 87.9 Å². The van der Waals surface area contributed by atoms with Gasteiger partial charge in [-0.15, -0.1) is 0 Å². The van der Waals surface area contributed by atoms with Gasteiger partial charge in [-0.3, -0.25) is 0 Å². The van der Waals surface area contributed by atoms with Crippen molar-refractivity contribution in [1.29, 1.82) is 0 Å². The van der Waals surface area contributed by atoms with Crippen molar-refractivity contribution in [2.75, 3.05) is 6.61 Å². The third-order valence-electron chi connectivity index (χ3n) is 4.07. The second kappa shape index (κ2) is 13.1. The Labute approximate surface area is 140 Å². The molecule has 0 unspecified atom stereocenters. The summed E-state index contributed by atoms with van der Waals surface area (Å²) in [5.41, 5.74) is 0.0237. The molecule has 0 N–H and O–H groups in total. The van der Waals surface area contributed by atoms with E-state index in [0.29, 0.717) is 6.61 Å². The Morgan fingerprint density at radius 1 is 0.870 bits per heavy atom. The Bertz CT molecular complexity index is 431. The molecule has 0 fully saturated rings. The minimum atomic E-state index is -0.560. The van der Waals surface area contributed by atoms with E-state index in [1.165, 1.54) is 69.9 Å². The summed E-state index contributed by atoms with van der Waals surface area (Å²) in [5.74, 6) is -1.08. The molecule has 0 radical (unpaired) electrons. The smallest absolute Gasteiger partial charge is 0.341 e.